The van der Waals surface area contributed by atoms with Gasteiger partial charge in [-0.15, -0.1) is 0 Å². The van der Waals surface area contributed by atoms with Crippen LogP contribution in [0.25, 0.3) is 0 Å². The molecule has 1 aromatic carbocycles. The number of nitriles is 1. The molecule has 126 valence electrons. The molecule has 23 heavy (non-hydrogen) atoms. The van der Waals surface area contributed by atoms with Crippen LogP contribution in [0.2, 0.25) is 10.0 Å². The number of hydrogen-bond donors (Lipinski definition) is 1. The summed E-state index contributed by atoms with van der Waals surface area (Å²) in [6.45, 7) is 9.00. The van der Waals surface area contributed by atoms with E-state index in [1.807, 2.05) is 13.8 Å². The van der Waals surface area contributed by atoms with E-state index in [-0.39, 0.29) is 11.8 Å². The predicted molar refractivity (Wildman–Crippen MR) is 92.9 cm³/mol. The molecule has 0 bridgehead atoms. The number of nitrogens with zero attached hydrogens (tertiary/aromatic N) is 1. The van der Waals surface area contributed by atoms with Crippen molar-refractivity contribution in [1.82, 2.24) is 5.32 Å². The quantitative estimate of drug-likeness (QED) is 0.815. The number of benzene rings is 1. The summed E-state index contributed by atoms with van der Waals surface area (Å²) in [5.41, 5.74) is -0.247. The van der Waals surface area contributed by atoms with Crippen molar-refractivity contribution in [1.29, 1.82) is 5.26 Å². The molecule has 1 N–H and O–H groups in total. The topological polar surface area (TPSA) is 62.1 Å². The van der Waals surface area contributed by atoms with Crippen LogP contribution >= 0.6 is 23.2 Å². The van der Waals surface area contributed by atoms with E-state index in [4.69, 9.17) is 27.9 Å². The van der Waals surface area contributed by atoms with Crippen molar-refractivity contribution in [2.24, 2.45) is 5.92 Å². The Bertz CT molecular complexity index is 628. The lowest BCUT2D eigenvalue weighted by molar-refractivity contribution is -0.129. The average molecular weight is 357 g/mol. The maximum atomic E-state index is 12.3. The third-order valence-electron chi connectivity index (χ3n) is 4.17. The minimum absolute atomic E-state index is 0.0185. The Morgan fingerprint density at radius 3 is 2.57 bits per heavy atom. The van der Waals surface area contributed by atoms with E-state index >= 15 is 0 Å². The summed E-state index contributed by atoms with van der Waals surface area (Å²) in [4.78, 5) is 12.3. The molecule has 0 spiro atoms. The standard InChI is InChI=1S/C17H22Cl2N2O2/c1-6-10(2)17(5,9-20)21-16(22)12(4)23-14-8-7-13(18)11(3)15(14)19/h7-8,10,12H,6H2,1-5H3,(H,21,22). The van der Waals surface area contributed by atoms with Gasteiger partial charge >= 0.3 is 0 Å². The Kier molecular flexibility index (Phi) is 6.73. The first kappa shape index (κ1) is 19.6. The van der Waals surface area contributed by atoms with Crippen LogP contribution < -0.4 is 10.1 Å². The van der Waals surface area contributed by atoms with E-state index in [1.165, 1.54) is 0 Å². The molecule has 0 fully saturated rings. The van der Waals surface area contributed by atoms with Gasteiger partial charge in [-0.05, 0) is 44.4 Å². The summed E-state index contributed by atoms with van der Waals surface area (Å²) in [5, 5.41) is 13.1. The zero-order chi connectivity index (χ0) is 17.8. The third kappa shape index (κ3) is 4.53. The van der Waals surface area contributed by atoms with Gasteiger partial charge in [0, 0.05) is 5.02 Å². The molecule has 1 rings (SSSR count). The van der Waals surface area contributed by atoms with Gasteiger partial charge < -0.3 is 10.1 Å². The number of carbonyl (C=O) groups excluding carboxylic acids is 1. The highest BCUT2D eigenvalue weighted by molar-refractivity contribution is 6.36. The summed E-state index contributed by atoms with van der Waals surface area (Å²) < 4.78 is 5.63. The minimum atomic E-state index is -0.941. The fourth-order valence-corrected chi connectivity index (χ4v) is 2.41. The zero-order valence-electron chi connectivity index (χ0n) is 14.0. The summed E-state index contributed by atoms with van der Waals surface area (Å²) >= 11 is 12.2. The van der Waals surface area contributed by atoms with Gasteiger partial charge in [0.2, 0.25) is 0 Å². The monoisotopic (exact) mass is 356 g/mol. The van der Waals surface area contributed by atoms with Crippen molar-refractivity contribution < 1.29 is 9.53 Å². The van der Waals surface area contributed by atoms with Crippen molar-refractivity contribution >= 4 is 29.1 Å². The second kappa shape index (κ2) is 7.90. The Balaban J connectivity index is 2.87. The molecule has 0 heterocycles. The molecule has 1 aromatic rings. The lowest BCUT2D eigenvalue weighted by atomic mass is 9.86. The molecule has 1 amide bonds. The normalized spacial score (nSPS) is 15.9. The van der Waals surface area contributed by atoms with Crippen LogP contribution in [-0.2, 0) is 4.79 Å². The number of rotatable bonds is 6. The molecule has 0 aliphatic carbocycles. The van der Waals surface area contributed by atoms with Crippen LogP contribution in [0.5, 0.6) is 5.75 Å². The molecule has 0 aliphatic heterocycles. The first-order chi connectivity index (χ1) is 10.7. The number of carbonyl (C=O) groups is 1. The maximum Gasteiger partial charge on any atom is 0.262 e. The van der Waals surface area contributed by atoms with Crippen molar-refractivity contribution in [3.63, 3.8) is 0 Å². The molecule has 0 aromatic heterocycles. The number of ether oxygens (including phenoxy) is 1. The lowest BCUT2D eigenvalue weighted by Crippen LogP contribution is -2.53. The summed E-state index contributed by atoms with van der Waals surface area (Å²) in [5.74, 6) is 0.0430. The second-order valence-electron chi connectivity index (χ2n) is 5.86. The van der Waals surface area contributed by atoms with Crippen LogP contribution in [-0.4, -0.2) is 17.6 Å². The molecule has 0 radical (unpaired) electrons. The van der Waals surface area contributed by atoms with Crippen LogP contribution in [0.4, 0.5) is 0 Å². The van der Waals surface area contributed by atoms with E-state index in [1.54, 1.807) is 32.9 Å². The van der Waals surface area contributed by atoms with Crippen LogP contribution in [0.1, 0.15) is 39.7 Å². The fourth-order valence-electron chi connectivity index (χ4n) is 2.00. The highest BCUT2D eigenvalue weighted by Gasteiger charge is 2.33. The van der Waals surface area contributed by atoms with E-state index in [9.17, 15) is 10.1 Å². The maximum absolute atomic E-state index is 12.3. The van der Waals surface area contributed by atoms with E-state index in [0.717, 1.165) is 6.42 Å². The Hall–Kier alpha value is -1.44. The SMILES string of the molecule is CCC(C)C(C)(C#N)NC(=O)C(C)Oc1ccc(Cl)c(C)c1Cl. The highest BCUT2D eigenvalue weighted by Crippen LogP contribution is 2.33. The van der Waals surface area contributed by atoms with Crippen molar-refractivity contribution in [2.45, 2.75) is 52.7 Å². The average Bonchev–Trinajstić information content (AvgIpc) is 2.54. The molecule has 0 aliphatic rings. The van der Waals surface area contributed by atoms with Gasteiger partial charge in [0.25, 0.3) is 5.91 Å². The lowest BCUT2D eigenvalue weighted by Gasteiger charge is -2.30. The van der Waals surface area contributed by atoms with Crippen molar-refractivity contribution in [3.8, 4) is 11.8 Å². The number of hydrogen-bond acceptors (Lipinski definition) is 3. The second-order valence-corrected chi connectivity index (χ2v) is 6.64. The van der Waals surface area contributed by atoms with Gasteiger partial charge in [-0.3, -0.25) is 4.79 Å². The van der Waals surface area contributed by atoms with Crippen LogP contribution in [0.15, 0.2) is 12.1 Å². The fraction of sp³-hybridized carbons (Fsp3) is 0.529. The van der Waals surface area contributed by atoms with Gasteiger partial charge in [-0.1, -0.05) is 43.5 Å². The molecule has 3 unspecified atom stereocenters. The highest BCUT2D eigenvalue weighted by atomic mass is 35.5. The molecule has 4 nitrogen and oxygen atoms in total. The number of nitrogens with one attached hydrogen (secondary N) is 1. The van der Waals surface area contributed by atoms with Crippen molar-refractivity contribution in [2.75, 3.05) is 0 Å². The molecule has 3 atom stereocenters. The first-order valence-corrected chi connectivity index (χ1v) is 8.26. The third-order valence-corrected chi connectivity index (χ3v) is 5.05. The number of halogens is 2. The summed E-state index contributed by atoms with van der Waals surface area (Å²) in [6, 6.07) is 5.47. The molecule has 0 saturated carbocycles. The minimum Gasteiger partial charge on any atom is -0.479 e. The zero-order valence-corrected chi connectivity index (χ0v) is 15.5. The molecular formula is C17H22Cl2N2O2. The molecule has 0 saturated heterocycles. The van der Waals surface area contributed by atoms with Crippen LogP contribution in [0.3, 0.4) is 0 Å². The molecule has 6 heteroatoms. The Morgan fingerprint density at radius 2 is 2.04 bits per heavy atom. The van der Waals surface area contributed by atoms with Crippen LogP contribution in [0, 0.1) is 24.2 Å². The van der Waals surface area contributed by atoms with Gasteiger partial charge in [0.1, 0.15) is 11.3 Å². The Labute approximate surface area is 147 Å². The van der Waals surface area contributed by atoms with Gasteiger partial charge in [0.05, 0.1) is 11.1 Å². The van der Waals surface area contributed by atoms with Gasteiger partial charge in [-0.25, -0.2) is 0 Å². The predicted octanol–water partition coefficient (Wildman–Crippen LogP) is 4.51. The molecular weight excluding hydrogens is 335 g/mol. The number of amides is 1. The largest absolute Gasteiger partial charge is 0.479 e. The summed E-state index contributed by atoms with van der Waals surface area (Å²) in [7, 11) is 0. The van der Waals surface area contributed by atoms with E-state index < -0.39 is 11.6 Å². The van der Waals surface area contributed by atoms with Gasteiger partial charge in [-0.2, -0.15) is 5.26 Å². The smallest absolute Gasteiger partial charge is 0.262 e. The van der Waals surface area contributed by atoms with Gasteiger partial charge in [0.15, 0.2) is 6.10 Å². The van der Waals surface area contributed by atoms with E-state index in [0.29, 0.717) is 21.4 Å². The first-order valence-electron chi connectivity index (χ1n) is 7.50. The Morgan fingerprint density at radius 1 is 1.43 bits per heavy atom. The van der Waals surface area contributed by atoms with E-state index in [2.05, 4.69) is 11.4 Å². The summed E-state index contributed by atoms with van der Waals surface area (Å²) in [6.07, 6.45) is -0.00767. The van der Waals surface area contributed by atoms with Crippen molar-refractivity contribution in [3.05, 3.63) is 27.7 Å².